The van der Waals surface area contributed by atoms with Crippen LogP contribution in [-0.4, -0.2) is 40.9 Å². The minimum Gasteiger partial charge on any atom is -0.464 e. The van der Waals surface area contributed by atoms with Gasteiger partial charge in [-0.05, 0) is 35.9 Å². The van der Waals surface area contributed by atoms with Crippen molar-refractivity contribution in [2.24, 2.45) is 0 Å². The van der Waals surface area contributed by atoms with E-state index in [-0.39, 0.29) is 16.8 Å². The fourth-order valence-corrected chi connectivity index (χ4v) is 3.68. The summed E-state index contributed by atoms with van der Waals surface area (Å²) in [6.07, 6.45) is -3.89. The van der Waals surface area contributed by atoms with Gasteiger partial charge in [-0.3, -0.25) is 4.79 Å². The number of halogens is 3. The predicted octanol–water partition coefficient (Wildman–Crippen LogP) is 3.79. The van der Waals surface area contributed by atoms with Crippen LogP contribution in [0.4, 0.5) is 18.9 Å². The summed E-state index contributed by atoms with van der Waals surface area (Å²) >= 11 is 0. The molecule has 0 radical (unpaired) electrons. The van der Waals surface area contributed by atoms with Crippen LogP contribution in [0, 0.1) is 0 Å². The van der Waals surface area contributed by atoms with E-state index in [4.69, 9.17) is 4.42 Å². The number of hydrogen-bond donors (Lipinski definition) is 2. The topological polar surface area (TPSA) is 65.7 Å². The minimum absolute atomic E-state index is 0.178. The standard InChI is InChI=1S/C20H17F3N2O3/c21-20(22,23)19(24-15-4-2-1-3-5-15)12-14-11-17-13(6-9-28-17)10-16(14)18(27)25(19)7-8-26/h1-6,9-11,24,26H,7-8,12H2. The Balaban J connectivity index is 1.90. The van der Waals surface area contributed by atoms with E-state index in [0.29, 0.717) is 15.9 Å². The third kappa shape index (κ3) is 2.80. The number of benzene rings is 2. The minimum atomic E-state index is -4.80. The second kappa shape index (κ2) is 6.56. The van der Waals surface area contributed by atoms with Gasteiger partial charge in [0.2, 0.25) is 5.66 Å². The lowest BCUT2D eigenvalue weighted by Crippen LogP contribution is -2.69. The number of anilines is 1. The summed E-state index contributed by atoms with van der Waals surface area (Å²) in [4.78, 5) is 13.7. The van der Waals surface area contributed by atoms with Crippen molar-refractivity contribution in [2.75, 3.05) is 18.5 Å². The lowest BCUT2D eigenvalue weighted by atomic mass is 9.86. The van der Waals surface area contributed by atoms with Gasteiger partial charge in [0.1, 0.15) is 5.58 Å². The second-order valence-electron chi connectivity index (χ2n) is 6.67. The van der Waals surface area contributed by atoms with Crippen LogP contribution < -0.4 is 5.32 Å². The summed E-state index contributed by atoms with van der Waals surface area (Å²) < 4.78 is 48.5. The van der Waals surface area contributed by atoms with Crippen molar-refractivity contribution in [3.8, 4) is 0 Å². The molecule has 5 nitrogen and oxygen atoms in total. The Morgan fingerprint density at radius 1 is 1.18 bits per heavy atom. The molecule has 0 saturated heterocycles. The summed E-state index contributed by atoms with van der Waals surface area (Å²) in [7, 11) is 0. The number of furan rings is 1. The highest BCUT2D eigenvalue weighted by molar-refractivity contribution is 6.01. The third-order valence-corrected chi connectivity index (χ3v) is 4.98. The van der Waals surface area contributed by atoms with E-state index in [0.717, 1.165) is 0 Å². The molecule has 1 amide bonds. The number of carbonyl (C=O) groups is 1. The maximum absolute atomic E-state index is 14.4. The zero-order valence-corrected chi connectivity index (χ0v) is 14.7. The Hall–Kier alpha value is -3.00. The number of fused-ring (bicyclic) bond motifs is 2. The summed E-state index contributed by atoms with van der Waals surface area (Å²) in [5.74, 6) is -0.792. The monoisotopic (exact) mass is 390 g/mol. The van der Waals surface area contributed by atoms with Crippen molar-refractivity contribution in [1.82, 2.24) is 4.90 Å². The Labute approximate surface area is 158 Å². The number of alkyl halides is 3. The second-order valence-corrected chi connectivity index (χ2v) is 6.67. The molecular weight excluding hydrogens is 373 g/mol. The summed E-state index contributed by atoms with van der Waals surface area (Å²) in [5, 5.41) is 12.5. The number of aliphatic hydroxyl groups excluding tert-OH is 1. The molecule has 0 spiro atoms. The normalized spacial score (nSPS) is 19.7. The summed E-state index contributed by atoms with van der Waals surface area (Å²) in [6, 6.07) is 12.6. The van der Waals surface area contributed by atoms with Crippen LogP contribution in [0.1, 0.15) is 15.9 Å². The van der Waals surface area contributed by atoms with E-state index < -0.39 is 37.3 Å². The number of nitrogens with zero attached hydrogens (tertiary/aromatic N) is 1. The van der Waals surface area contributed by atoms with Gasteiger partial charge in [0.05, 0.1) is 12.9 Å². The number of amides is 1. The fourth-order valence-electron chi connectivity index (χ4n) is 3.68. The van der Waals surface area contributed by atoms with Crippen LogP contribution in [0.5, 0.6) is 0 Å². The summed E-state index contributed by atoms with van der Waals surface area (Å²) in [5.41, 5.74) is -1.64. The molecule has 8 heteroatoms. The molecule has 0 saturated carbocycles. The van der Waals surface area contributed by atoms with Crippen molar-refractivity contribution >= 4 is 22.6 Å². The molecule has 1 aliphatic heterocycles. The van der Waals surface area contributed by atoms with Crippen LogP contribution in [0.2, 0.25) is 0 Å². The number of rotatable bonds is 4. The quantitative estimate of drug-likeness (QED) is 0.711. The van der Waals surface area contributed by atoms with Gasteiger partial charge < -0.3 is 19.7 Å². The van der Waals surface area contributed by atoms with E-state index >= 15 is 0 Å². The molecule has 2 N–H and O–H groups in total. The Kier molecular flexibility index (Phi) is 4.30. The molecule has 28 heavy (non-hydrogen) atoms. The molecule has 0 aliphatic carbocycles. The number of aliphatic hydroxyl groups is 1. The molecule has 0 fully saturated rings. The predicted molar refractivity (Wildman–Crippen MR) is 96.9 cm³/mol. The van der Waals surface area contributed by atoms with Crippen molar-refractivity contribution in [1.29, 1.82) is 0 Å². The first-order valence-electron chi connectivity index (χ1n) is 8.69. The van der Waals surface area contributed by atoms with Gasteiger partial charge in [-0.1, -0.05) is 18.2 Å². The van der Waals surface area contributed by atoms with Gasteiger partial charge in [-0.15, -0.1) is 0 Å². The molecule has 4 rings (SSSR count). The lowest BCUT2D eigenvalue weighted by Gasteiger charge is -2.48. The van der Waals surface area contributed by atoms with Crippen LogP contribution in [0.15, 0.2) is 59.2 Å². The van der Waals surface area contributed by atoms with Gasteiger partial charge in [-0.2, -0.15) is 13.2 Å². The smallest absolute Gasteiger partial charge is 0.430 e. The zero-order valence-electron chi connectivity index (χ0n) is 14.7. The molecule has 1 atom stereocenters. The van der Waals surface area contributed by atoms with Crippen LogP contribution in [0.3, 0.4) is 0 Å². The largest absolute Gasteiger partial charge is 0.464 e. The van der Waals surface area contributed by atoms with E-state index in [1.54, 1.807) is 24.3 Å². The molecule has 1 aromatic heterocycles. The van der Waals surface area contributed by atoms with Gasteiger partial charge in [0, 0.05) is 29.6 Å². The summed E-state index contributed by atoms with van der Waals surface area (Å²) in [6.45, 7) is -1.05. The van der Waals surface area contributed by atoms with Crippen molar-refractivity contribution < 1.29 is 27.5 Å². The molecule has 2 heterocycles. The van der Waals surface area contributed by atoms with Crippen LogP contribution in [0.25, 0.3) is 11.0 Å². The molecular formula is C20H17F3N2O3. The first-order chi connectivity index (χ1) is 13.4. The van der Waals surface area contributed by atoms with Crippen LogP contribution in [-0.2, 0) is 6.42 Å². The van der Waals surface area contributed by atoms with E-state index in [1.807, 2.05) is 0 Å². The van der Waals surface area contributed by atoms with Crippen molar-refractivity contribution in [2.45, 2.75) is 18.3 Å². The first kappa shape index (κ1) is 18.4. The fraction of sp³-hybridized carbons (Fsp3) is 0.250. The molecule has 1 aliphatic rings. The molecule has 3 aromatic rings. The van der Waals surface area contributed by atoms with Gasteiger partial charge in [-0.25, -0.2) is 0 Å². The highest BCUT2D eigenvalue weighted by Gasteiger charge is 2.62. The van der Waals surface area contributed by atoms with E-state index in [2.05, 4.69) is 5.32 Å². The maximum atomic E-state index is 14.4. The van der Waals surface area contributed by atoms with Crippen molar-refractivity contribution in [3.63, 3.8) is 0 Å². The lowest BCUT2D eigenvalue weighted by molar-refractivity contribution is -0.216. The number of para-hydroxylation sites is 1. The van der Waals surface area contributed by atoms with Gasteiger partial charge >= 0.3 is 6.18 Å². The molecule has 2 aromatic carbocycles. The Bertz CT molecular complexity index is 1020. The number of carbonyl (C=O) groups excluding carboxylic acids is 1. The SMILES string of the molecule is O=C1c2cc3ccoc3cc2CC(Nc2ccccc2)(C(F)(F)F)N1CCO. The maximum Gasteiger partial charge on any atom is 0.430 e. The molecule has 0 bridgehead atoms. The Morgan fingerprint density at radius 2 is 1.93 bits per heavy atom. The Morgan fingerprint density at radius 3 is 2.61 bits per heavy atom. The van der Waals surface area contributed by atoms with Gasteiger partial charge in [0.25, 0.3) is 5.91 Å². The third-order valence-electron chi connectivity index (χ3n) is 4.98. The number of hydrogen-bond acceptors (Lipinski definition) is 4. The van der Waals surface area contributed by atoms with Gasteiger partial charge in [0.15, 0.2) is 0 Å². The average molecular weight is 390 g/mol. The first-order valence-corrected chi connectivity index (χ1v) is 8.69. The molecule has 146 valence electrons. The highest BCUT2D eigenvalue weighted by atomic mass is 19.4. The van der Waals surface area contributed by atoms with Crippen LogP contribution >= 0.6 is 0 Å². The average Bonchev–Trinajstić information content (AvgIpc) is 3.11. The molecule has 1 unspecified atom stereocenters. The zero-order chi connectivity index (χ0) is 19.9. The highest BCUT2D eigenvalue weighted by Crippen LogP contribution is 2.44. The number of β-amino-alcohol motifs (C(OH)–C–C–N with tert-alkyl or cyclic N) is 1. The van der Waals surface area contributed by atoms with E-state index in [9.17, 15) is 23.1 Å². The van der Waals surface area contributed by atoms with Crippen molar-refractivity contribution in [3.05, 3.63) is 65.9 Å². The number of nitrogens with one attached hydrogen (secondary N) is 1. The van der Waals surface area contributed by atoms with E-state index in [1.165, 1.54) is 30.5 Å².